The molecule has 1 spiro atoms. The van der Waals surface area contributed by atoms with E-state index in [1.807, 2.05) is 30.3 Å². The van der Waals surface area contributed by atoms with E-state index >= 15 is 0 Å². The maximum Gasteiger partial charge on any atom is 0.187 e. The summed E-state index contributed by atoms with van der Waals surface area (Å²) in [7, 11) is 0. The van der Waals surface area contributed by atoms with Gasteiger partial charge < -0.3 is 4.90 Å². The Morgan fingerprint density at radius 1 is 0.686 bits per heavy atom. The molecule has 0 aromatic heterocycles. The van der Waals surface area contributed by atoms with Crippen molar-refractivity contribution in [3.63, 3.8) is 0 Å². The maximum absolute atomic E-state index is 7.33. The lowest BCUT2D eigenvalue weighted by Gasteiger charge is -2.32. The molecule has 0 N–H and O–H groups in total. The normalized spacial score (nSPS) is 14.4. The van der Waals surface area contributed by atoms with Crippen molar-refractivity contribution < 1.29 is 0 Å². The van der Waals surface area contributed by atoms with Gasteiger partial charge in [0.2, 0.25) is 0 Å². The summed E-state index contributed by atoms with van der Waals surface area (Å²) >= 11 is 3.78. The molecule has 0 amide bonds. The Morgan fingerprint density at radius 2 is 1.43 bits per heavy atom. The van der Waals surface area contributed by atoms with Crippen LogP contribution in [0.2, 0.25) is 0 Å². The molecule has 5 aromatic rings. The van der Waals surface area contributed by atoms with Crippen LogP contribution in [-0.2, 0) is 5.41 Å². The number of hydrogen-bond acceptors (Lipinski definition) is 1. The van der Waals surface area contributed by atoms with Crippen molar-refractivity contribution in [1.29, 1.82) is 0 Å². The summed E-state index contributed by atoms with van der Waals surface area (Å²) in [4.78, 5) is 5.87. The van der Waals surface area contributed by atoms with Crippen LogP contribution in [0.3, 0.4) is 0 Å². The lowest BCUT2D eigenvalue weighted by molar-refractivity contribution is 0.852. The quantitative estimate of drug-likeness (QED) is 0.218. The van der Waals surface area contributed by atoms with Crippen molar-refractivity contribution in [2.24, 2.45) is 0 Å². The Balaban J connectivity index is 1.46. The molecule has 0 bridgehead atoms. The zero-order chi connectivity index (χ0) is 23.6. The minimum absolute atomic E-state index is 0.0922. The Hall–Kier alpha value is -3.87. The largest absolute Gasteiger partial charge is 0.311 e. The molecule has 2 aliphatic rings. The Bertz CT molecular complexity index is 1660. The third kappa shape index (κ3) is 3.00. The topological polar surface area (TPSA) is 7.60 Å². The molecule has 0 radical (unpaired) electrons. The summed E-state index contributed by atoms with van der Waals surface area (Å²) in [5.74, 6) is 0. The number of rotatable bonds is 3. The zero-order valence-electron chi connectivity index (χ0n) is 19.0. The lowest BCUT2D eigenvalue weighted by Crippen LogP contribution is -2.17. The fourth-order valence-electron chi connectivity index (χ4n) is 5.81. The molecule has 0 aliphatic heterocycles. The van der Waals surface area contributed by atoms with Crippen LogP contribution in [0, 0.1) is 6.57 Å². The van der Waals surface area contributed by atoms with Crippen LogP contribution in [0.5, 0.6) is 0 Å². The SMILES string of the molecule is [C-]#[N+]c1ccc(N(c2ccccc2)c2ccc3c(c2)C2(CC2)c2ccc(Br)c4cccc-3c24)cc1. The summed E-state index contributed by atoms with van der Waals surface area (Å²) < 4.78 is 1.16. The highest BCUT2D eigenvalue weighted by Gasteiger charge is 2.50. The van der Waals surface area contributed by atoms with E-state index in [1.54, 1.807) is 0 Å². The number of halogens is 1. The smallest absolute Gasteiger partial charge is 0.187 e. The van der Waals surface area contributed by atoms with Gasteiger partial charge in [0, 0.05) is 26.9 Å². The second-order valence-corrected chi connectivity index (χ2v) is 10.3. The van der Waals surface area contributed by atoms with Gasteiger partial charge in [0.05, 0.1) is 6.57 Å². The first-order valence-corrected chi connectivity index (χ1v) is 12.7. The number of para-hydroxylation sites is 1. The van der Waals surface area contributed by atoms with Gasteiger partial charge in [-0.3, -0.25) is 0 Å². The first-order chi connectivity index (χ1) is 17.2. The predicted molar refractivity (Wildman–Crippen MR) is 148 cm³/mol. The third-order valence-electron chi connectivity index (χ3n) is 7.57. The molecule has 0 unspecified atom stereocenters. The van der Waals surface area contributed by atoms with Crippen molar-refractivity contribution in [1.82, 2.24) is 0 Å². The maximum atomic E-state index is 7.33. The minimum Gasteiger partial charge on any atom is -0.311 e. The summed E-state index contributed by atoms with van der Waals surface area (Å²) in [6.07, 6.45) is 2.36. The molecular weight excluding hydrogens is 492 g/mol. The monoisotopic (exact) mass is 512 g/mol. The second kappa shape index (κ2) is 7.57. The van der Waals surface area contributed by atoms with Crippen LogP contribution in [0.1, 0.15) is 24.0 Å². The Kier molecular flexibility index (Phi) is 4.43. The van der Waals surface area contributed by atoms with Crippen LogP contribution < -0.4 is 4.90 Å². The minimum atomic E-state index is 0.0922. The van der Waals surface area contributed by atoms with Gasteiger partial charge >= 0.3 is 0 Å². The molecule has 7 rings (SSSR count). The zero-order valence-corrected chi connectivity index (χ0v) is 20.6. The highest BCUT2D eigenvalue weighted by atomic mass is 79.9. The van der Waals surface area contributed by atoms with Gasteiger partial charge in [-0.15, -0.1) is 0 Å². The number of nitrogens with zero attached hydrogens (tertiary/aromatic N) is 2. The highest BCUT2D eigenvalue weighted by molar-refractivity contribution is 9.10. The van der Waals surface area contributed by atoms with Crippen molar-refractivity contribution in [2.45, 2.75) is 18.3 Å². The van der Waals surface area contributed by atoms with Gasteiger partial charge in [-0.05, 0) is 88.3 Å². The predicted octanol–water partition coefficient (Wildman–Crippen LogP) is 9.68. The number of hydrogen-bond donors (Lipinski definition) is 0. The van der Waals surface area contributed by atoms with E-state index in [4.69, 9.17) is 6.57 Å². The molecule has 2 aliphatic carbocycles. The highest BCUT2D eigenvalue weighted by Crippen LogP contribution is 2.62. The molecule has 166 valence electrons. The van der Waals surface area contributed by atoms with Crippen LogP contribution in [0.15, 0.2) is 108 Å². The summed E-state index contributed by atoms with van der Waals surface area (Å²) in [6.45, 7) is 7.33. The summed E-state index contributed by atoms with van der Waals surface area (Å²) in [5, 5.41) is 2.70. The molecule has 5 aromatic carbocycles. The van der Waals surface area contributed by atoms with E-state index in [2.05, 4.69) is 98.5 Å². The van der Waals surface area contributed by atoms with Gasteiger partial charge in [-0.25, -0.2) is 4.85 Å². The molecule has 3 heteroatoms. The fourth-order valence-corrected chi connectivity index (χ4v) is 6.27. The van der Waals surface area contributed by atoms with E-state index in [0.29, 0.717) is 5.69 Å². The van der Waals surface area contributed by atoms with Gasteiger partial charge in [-0.2, -0.15) is 0 Å². The number of fused-ring (bicyclic) bond motifs is 4. The van der Waals surface area contributed by atoms with E-state index < -0.39 is 0 Å². The Morgan fingerprint density at radius 3 is 2.17 bits per heavy atom. The van der Waals surface area contributed by atoms with E-state index in [1.165, 1.54) is 45.9 Å². The van der Waals surface area contributed by atoms with Gasteiger partial charge in [0.25, 0.3) is 0 Å². The van der Waals surface area contributed by atoms with Crippen LogP contribution in [0.4, 0.5) is 22.7 Å². The molecule has 1 fully saturated rings. The van der Waals surface area contributed by atoms with E-state index in [9.17, 15) is 0 Å². The van der Waals surface area contributed by atoms with Crippen LogP contribution >= 0.6 is 15.9 Å². The average Bonchev–Trinajstić information content (AvgIpc) is 3.71. The second-order valence-electron chi connectivity index (χ2n) is 9.43. The molecule has 0 saturated heterocycles. The number of anilines is 3. The molecule has 35 heavy (non-hydrogen) atoms. The van der Waals surface area contributed by atoms with Crippen LogP contribution in [0.25, 0.3) is 26.7 Å². The molecule has 1 saturated carbocycles. The molecular formula is C32H21BrN2. The van der Waals surface area contributed by atoms with Gasteiger partial charge in [-0.1, -0.05) is 76.6 Å². The van der Waals surface area contributed by atoms with Crippen molar-refractivity contribution >= 4 is 49.5 Å². The molecule has 0 heterocycles. The first kappa shape index (κ1) is 20.5. The summed E-state index contributed by atoms with van der Waals surface area (Å²) in [6, 6.07) is 36.5. The van der Waals surface area contributed by atoms with Crippen LogP contribution in [-0.4, -0.2) is 0 Å². The average molecular weight is 513 g/mol. The van der Waals surface area contributed by atoms with Crippen molar-refractivity contribution in [2.75, 3.05) is 4.90 Å². The molecule has 2 nitrogen and oxygen atoms in total. The third-order valence-corrected chi connectivity index (χ3v) is 8.26. The van der Waals surface area contributed by atoms with E-state index in [0.717, 1.165) is 21.5 Å². The molecule has 0 atom stereocenters. The van der Waals surface area contributed by atoms with Crippen molar-refractivity contribution in [3.05, 3.63) is 130 Å². The standard InChI is InChI=1S/C32H21BrN2/c1-34-21-10-12-23(13-11-21)35(22-6-3-2-4-7-22)24-14-15-25-26-8-5-9-27-30(33)17-16-28(31(26)27)32(18-19-32)29(25)20-24/h2-17,20H,18-19H2. The van der Waals surface area contributed by atoms with Crippen molar-refractivity contribution in [3.8, 4) is 11.1 Å². The fraction of sp³-hybridized carbons (Fsp3) is 0.0938. The van der Waals surface area contributed by atoms with E-state index in [-0.39, 0.29) is 5.41 Å². The first-order valence-electron chi connectivity index (χ1n) is 11.9. The lowest BCUT2D eigenvalue weighted by atomic mass is 9.74. The van der Waals surface area contributed by atoms with Gasteiger partial charge in [0.1, 0.15) is 0 Å². The number of benzene rings is 5. The van der Waals surface area contributed by atoms with Gasteiger partial charge in [0.15, 0.2) is 5.69 Å². The Labute approximate surface area is 213 Å². The summed E-state index contributed by atoms with van der Waals surface area (Å²) in [5.41, 5.74) is 9.61.